The molecule has 4 aromatic carbocycles. The third-order valence-electron chi connectivity index (χ3n) is 7.57. The van der Waals surface area contributed by atoms with Gasteiger partial charge in [0, 0.05) is 29.4 Å². The number of nitrogens with zero attached hydrogens (tertiary/aromatic N) is 1. The second kappa shape index (κ2) is 13.5. The first-order valence-corrected chi connectivity index (χ1v) is 14.4. The molecule has 1 aliphatic rings. The maximum absolute atomic E-state index is 14.0. The van der Waals surface area contributed by atoms with E-state index >= 15 is 0 Å². The molecular formula is C34H35ClN2O3. The van der Waals surface area contributed by atoms with Crippen molar-refractivity contribution in [2.75, 3.05) is 6.61 Å². The summed E-state index contributed by atoms with van der Waals surface area (Å²) in [5.74, 6) is 0.254. The predicted molar refractivity (Wildman–Crippen MR) is 160 cm³/mol. The number of hydrogen-bond acceptors (Lipinski definition) is 3. The van der Waals surface area contributed by atoms with Gasteiger partial charge in [-0.3, -0.25) is 9.59 Å². The Bertz CT molecular complexity index is 1430. The molecule has 5 nitrogen and oxygen atoms in total. The summed E-state index contributed by atoms with van der Waals surface area (Å²) in [6.07, 6.45) is 5.76. The van der Waals surface area contributed by atoms with E-state index in [-0.39, 0.29) is 31.0 Å². The van der Waals surface area contributed by atoms with E-state index in [0.29, 0.717) is 17.2 Å². The summed E-state index contributed by atoms with van der Waals surface area (Å²) in [4.78, 5) is 29.5. The summed E-state index contributed by atoms with van der Waals surface area (Å²) < 4.78 is 6.10. The van der Waals surface area contributed by atoms with Crippen molar-refractivity contribution < 1.29 is 14.3 Å². The second-order valence-electron chi connectivity index (χ2n) is 10.5. The Kier molecular flexibility index (Phi) is 9.35. The van der Waals surface area contributed by atoms with Crippen LogP contribution in [0.4, 0.5) is 0 Å². The minimum absolute atomic E-state index is 0.128. The number of fused-ring (bicyclic) bond motifs is 1. The number of benzene rings is 4. The average molecular weight is 555 g/mol. The lowest BCUT2D eigenvalue weighted by Crippen LogP contribution is -2.53. The van der Waals surface area contributed by atoms with Crippen LogP contribution in [0, 0.1) is 0 Å². The monoisotopic (exact) mass is 554 g/mol. The molecule has 0 spiro atoms. The summed E-state index contributed by atoms with van der Waals surface area (Å²) >= 11 is 6.30. The minimum atomic E-state index is -0.702. The largest absolute Gasteiger partial charge is 0.483 e. The van der Waals surface area contributed by atoms with Crippen LogP contribution in [-0.4, -0.2) is 35.4 Å². The number of ether oxygens (including phenoxy) is 1. The molecule has 0 aliphatic heterocycles. The lowest BCUT2D eigenvalue weighted by molar-refractivity contribution is -0.143. The van der Waals surface area contributed by atoms with E-state index in [9.17, 15) is 9.59 Å². The van der Waals surface area contributed by atoms with Crippen molar-refractivity contribution in [3.8, 4) is 5.75 Å². The van der Waals surface area contributed by atoms with Crippen LogP contribution in [0.2, 0.25) is 5.02 Å². The van der Waals surface area contributed by atoms with Crippen molar-refractivity contribution in [3.05, 3.63) is 113 Å². The number of carbonyl (C=O) groups is 2. The molecule has 0 unspecified atom stereocenters. The quantitative estimate of drug-likeness (QED) is 0.230. The molecule has 2 amide bonds. The maximum atomic E-state index is 14.0. The fourth-order valence-electron chi connectivity index (χ4n) is 5.47. The Hall–Kier alpha value is -3.83. The molecule has 1 fully saturated rings. The van der Waals surface area contributed by atoms with E-state index < -0.39 is 6.04 Å². The number of nitrogens with one attached hydrogen (secondary N) is 1. The number of rotatable bonds is 10. The standard InChI is InChI=1S/C34H35ClN2O3/c35-28-16-9-13-26(21-28)23-37(33(38)24-40-32-20-10-15-27-14-7-8-19-30(27)32)31(22-25-11-3-1-4-12-25)34(39)36-29-17-5-2-6-18-29/h1,3-4,7-16,19-21,29,31H,2,5-6,17-18,22-24H2,(H,36,39)/t31-/m0/s1. The van der Waals surface area contributed by atoms with Gasteiger partial charge in [-0.25, -0.2) is 0 Å². The lowest BCUT2D eigenvalue weighted by atomic mass is 9.94. The van der Waals surface area contributed by atoms with Gasteiger partial charge in [0.1, 0.15) is 11.8 Å². The Morgan fingerprint density at radius 3 is 2.35 bits per heavy atom. The highest BCUT2D eigenvalue weighted by Gasteiger charge is 2.32. The molecule has 4 aromatic rings. The van der Waals surface area contributed by atoms with Gasteiger partial charge in [0.15, 0.2) is 6.61 Å². The summed E-state index contributed by atoms with van der Waals surface area (Å²) in [7, 11) is 0. The van der Waals surface area contributed by atoms with Crippen molar-refractivity contribution in [2.24, 2.45) is 0 Å². The SMILES string of the molecule is O=C(NC1CCCCC1)[C@H](Cc1ccccc1)N(Cc1cccc(Cl)c1)C(=O)COc1cccc2ccccc12. The Morgan fingerprint density at radius 2 is 1.55 bits per heavy atom. The van der Waals surface area contributed by atoms with Crippen molar-refractivity contribution in [3.63, 3.8) is 0 Å². The second-order valence-corrected chi connectivity index (χ2v) is 10.9. The zero-order valence-corrected chi connectivity index (χ0v) is 23.4. The van der Waals surface area contributed by atoms with Gasteiger partial charge in [-0.1, -0.05) is 110 Å². The van der Waals surface area contributed by atoms with E-state index in [1.807, 2.05) is 91.0 Å². The van der Waals surface area contributed by atoms with Crippen molar-refractivity contribution in [2.45, 2.75) is 57.2 Å². The third-order valence-corrected chi connectivity index (χ3v) is 7.80. The minimum Gasteiger partial charge on any atom is -0.483 e. The van der Waals surface area contributed by atoms with Gasteiger partial charge >= 0.3 is 0 Å². The summed E-state index contributed by atoms with van der Waals surface area (Å²) in [5.41, 5.74) is 1.85. The molecule has 0 saturated heterocycles. The lowest BCUT2D eigenvalue weighted by Gasteiger charge is -2.33. The van der Waals surface area contributed by atoms with Crippen LogP contribution in [0.15, 0.2) is 97.1 Å². The van der Waals surface area contributed by atoms with Crippen LogP contribution in [-0.2, 0) is 22.6 Å². The molecule has 0 aromatic heterocycles. The first-order chi connectivity index (χ1) is 19.6. The summed E-state index contributed by atoms with van der Waals surface area (Å²) in [6, 6.07) is 30.4. The van der Waals surface area contributed by atoms with Crippen LogP contribution in [0.5, 0.6) is 5.75 Å². The number of amides is 2. The van der Waals surface area contributed by atoms with E-state index in [1.165, 1.54) is 6.42 Å². The van der Waals surface area contributed by atoms with Crippen molar-refractivity contribution in [1.82, 2.24) is 10.2 Å². The fourth-order valence-corrected chi connectivity index (χ4v) is 5.69. The molecule has 1 atom stereocenters. The molecule has 40 heavy (non-hydrogen) atoms. The summed E-state index contributed by atoms with van der Waals surface area (Å²) in [5, 5.41) is 5.84. The molecule has 0 radical (unpaired) electrons. The molecule has 1 saturated carbocycles. The first-order valence-electron chi connectivity index (χ1n) is 14.1. The van der Waals surface area contributed by atoms with Crippen LogP contribution >= 0.6 is 11.6 Å². The number of carbonyl (C=O) groups excluding carboxylic acids is 2. The number of halogens is 1. The van der Waals surface area contributed by atoms with Gasteiger partial charge in [-0.05, 0) is 47.6 Å². The molecule has 206 valence electrons. The molecular weight excluding hydrogens is 520 g/mol. The van der Waals surface area contributed by atoms with Gasteiger partial charge < -0.3 is 15.0 Å². The molecule has 0 heterocycles. The van der Waals surface area contributed by atoms with Gasteiger partial charge in [0.25, 0.3) is 5.91 Å². The topological polar surface area (TPSA) is 58.6 Å². The molecule has 6 heteroatoms. The van der Waals surface area contributed by atoms with Gasteiger partial charge in [-0.2, -0.15) is 0 Å². The number of hydrogen-bond donors (Lipinski definition) is 1. The highest BCUT2D eigenvalue weighted by molar-refractivity contribution is 6.30. The Balaban J connectivity index is 1.43. The van der Waals surface area contributed by atoms with Crippen LogP contribution in [0.25, 0.3) is 10.8 Å². The molecule has 0 bridgehead atoms. The zero-order valence-electron chi connectivity index (χ0n) is 22.6. The molecule has 5 rings (SSSR count). The van der Waals surface area contributed by atoms with Crippen molar-refractivity contribution >= 4 is 34.2 Å². The fraction of sp³-hybridized carbons (Fsp3) is 0.294. The smallest absolute Gasteiger partial charge is 0.261 e. The van der Waals surface area contributed by atoms with Crippen LogP contribution in [0.3, 0.4) is 0 Å². The third kappa shape index (κ3) is 7.22. The predicted octanol–water partition coefficient (Wildman–Crippen LogP) is 6.96. The van der Waals surface area contributed by atoms with Gasteiger partial charge in [0.2, 0.25) is 5.91 Å². The maximum Gasteiger partial charge on any atom is 0.261 e. The van der Waals surface area contributed by atoms with Crippen LogP contribution in [0.1, 0.15) is 43.2 Å². The van der Waals surface area contributed by atoms with Gasteiger partial charge in [-0.15, -0.1) is 0 Å². The highest BCUT2D eigenvalue weighted by atomic mass is 35.5. The van der Waals surface area contributed by atoms with Gasteiger partial charge in [0.05, 0.1) is 0 Å². The van der Waals surface area contributed by atoms with E-state index in [0.717, 1.165) is 47.6 Å². The van der Waals surface area contributed by atoms with E-state index in [2.05, 4.69) is 5.32 Å². The van der Waals surface area contributed by atoms with E-state index in [4.69, 9.17) is 16.3 Å². The summed E-state index contributed by atoms with van der Waals surface area (Å²) in [6.45, 7) is 0.0600. The van der Waals surface area contributed by atoms with E-state index in [1.54, 1.807) is 11.0 Å². The molecule has 1 aliphatic carbocycles. The first kappa shape index (κ1) is 27.7. The normalized spacial score (nSPS) is 14.4. The Labute approximate surface area is 241 Å². The Morgan fingerprint density at radius 1 is 0.850 bits per heavy atom. The molecule has 1 N–H and O–H groups in total. The van der Waals surface area contributed by atoms with Crippen LogP contribution < -0.4 is 10.1 Å². The highest BCUT2D eigenvalue weighted by Crippen LogP contribution is 2.26. The van der Waals surface area contributed by atoms with Crippen molar-refractivity contribution in [1.29, 1.82) is 0 Å². The average Bonchev–Trinajstić information content (AvgIpc) is 2.98. The zero-order chi connectivity index (χ0) is 27.7.